The van der Waals surface area contributed by atoms with Crippen LogP contribution in [-0.2, 0) is 9.53 Å². The summed E-state index contributed by atoms with van der Waals surface area (Å²) in [5.74, 6) is -1.58. The lowest BCUT2D eigenvalue weighted by Crippen LogP contribution is -2.22. The van der Waals surface area contributed by atoms with E-state index in [-0.39, 0.29) is 5.02 Å². The van der Waals surface area contributed by atoms with Crippen molar-refractivity contribution in [2.45, 2.75) is 6.04 Å². The highest BCUT2D eigenvalue weighted by molar-refractivity contribution is 6.31. The molecule has 2 rings (SSSR count). The standard InChI is InChI=1S/C15H12ClF2NO2/c1-21-15(20)14(12-6-5-10(18)8-13(12)16)19-11-4-2-3-9(17)7-11/h2-8,14,19H,1H3. The van der Waals surface area contributed by atoms with Crippen LogP contribution in [0.4, 0.5) is 14.5 Å². The number of esters is 1. The van der Waals surface area contributed by atoms with Crippen LogP contribution in [0.3, 0.4) is 0 Å². The Bertz CT molecular complexity index is 664. The van der Waals surface area contributed by atoms with Crippen LogP contribution in [0.1, 0.15) is 11.6 Å². The van der Waals surface area contributed by atoms with Gasteiger partial charge in [0.15, 0.2) is 6.04 Å². The number of benzene rings is 2. The molecular weight excluding hydrogens is 300 g/mol. The summed E-state index contributed by atoms with van der Waals surface area (Å²) < 4.78 is 31.0. The normalized spacial score (nSPS) is 11.8. The highest BCUT2D eigenvalue weighted by Gasteiger charge is 2.24. The lowest BCUT2D eigenvalue weighted by atomic mass is 10.1. The number of anilines is 1. The summed E-state index contributed by atoms with van der Waals surface area (Å²) in [6, 6.07) is 8.30. The van der Waals surface area contributed by atoms with Crippen molar-refractivity contribution in [1.82, 2.24) is 0 Å². The van der Waals surface area contributed by atoms with Gasteiger partial charge in [-0.3, -0.25) is 0 Å². The van der Waals surface area contributed by atoms with E-state index in [2.05, 4.69) is 5.32 Å². The molecule has 0 radical (unpaired) electrons. The van der Waals surface area contributed by atoms with Crippen LogP contribution in [-0.4, -0.2) is 13.1 Å². The summed E-state index contributed by atoms with van der Waals surface area (Å²) in [4.78, 5) is 11.9. The molecule has 0 bridgehead atoms. The van der Waals surface area contributed by atoms with Crippen molar-refractivity contribution in [2.24, 2.45) is 0 Å². The molecule has 1 N–H and O–H groups in total. The smallest absolute Gasteiger partial charge is 0.333 e. The molecule has 0 heterocycles. The van der Waals surface area contributed by atoms with E-state index >= 15 is 0 Å². The highest BCUT2D eigenvalue weighted by atomic mass is 35.5. The number of nitrogens with one attached hydrogen (secondary N) is 1. The van der Waals surface area contributed by atoms with Gasteiger partial charge in [0, 0.05) is 16.3 Å². The minimum Gasteiger partial charge on any atom is -0.467 e. The lowest BCUT2D eigenvalue weighted by Gasteiger charge is -2.19. The molecular formula is C15H12ClF2NO2. The molecule has 0 fully saturated rings. The van der Waals surface area contributed by atoms with Gasteiger partial charge in [-0.15, -0.1) is 0 Å². The lowest BCUT2D eigenvalue weighted by molar-refractivity contribution is -0.141. The van der Waals surface area contributed by atoms with E-state index < -0.39 is 23.6 Å². The Kier molecular flexibility index (Phi) is 4.75. The molecule has 0 spiro atoms. The molecule has 0 aromatic heterocycles. The molecule has 0 aliphatic carbocycles. The Labute approximate surface area is 125 Å². The van der Waals surface area contributed by atoms with Gasteiger partial charge in [-0.1, -0.05) is 23.7 Å². The summed E-state index contributed by atoms with van der Waals surface area (Å²) in [5.41, 5.74) is 0.722. The fourth-order valence-electron chi connectivity index (χ4n) is 1.86. The first-order valence-corrected chi connectivity index (χ1v) is 6.44. The highest BCUT2D eigenvalue weighted by Crippen LogP contribution is 2.28. The number of hydrogen-bond acceptors (Lipinski definition) is 3. The van der Waals surface area contributed by atoms with Gasteiger partial charge < -0.3 is 10.1 Å². The average molecular weight is 312 g/mol. The molecule has 0 aliphatic rings. The van der Waals surface area contributed by atoms with Crippen LogP contribution in [0.15, 0.2) is 42.5 Å². The van der Waals surface area contributed by atoms with E-state index in [1.54, 1.807) is 6.07 Å². The predicted octanol–water partition coefficient (Wildman–Crippen LogP) is 3.94. The maximum atomic E-state index is 13.2. The largest absolute Gasteiger partial charge is 0.467 e. The van der Waals surface area contributed by atoms with Gasteiger partial charge in [-0.05, 0) is 30.3 Å². The van der Waals surface area contributed by atoms with E-state index in [0.29, 0.717) is 11.3 Å². The first-order valence-electron chi connectivity index (χ1n) is 6.06. The molecule has 0 saturated carbocycles. The van der Waals surface area contributed by atoms with Crippen LogP contribution in [0.25, 0.3) is 0 Å². The molecule has 6 heteroatoms. The quantitative estimate of drug-likeness (QED) is 0.869. The van der Waals surface area contributed by atoms with Crippen LogP contribution < -0.4 is 5.32 Å². The minimum atomic E-state index is -0.968. The molecule has 0 amide bonds. The molecule has 2 aromatic rings. The zero-order chi connectivity index (χ0) is 15.4. The van der Waals surface area contributed by atoms with Crippen molar-refractivity contribution in [2.75, 3.05) is 12.4 Å². The summed E-state index contributed by atoms with van der Waals surface area (Å²) in [6.45, 7) is 0. The third-order valence-electron chi connectivity index (χ3n) is 2.85. The van der Waals surface area contributed by atoms with E-state index in [1.165, 1.54) is 37.4 Å². The average Bonchev–Trinajstić information content (AvgIpc) is 2.45. The monoisotopic (exact) mass is 311 g/mol. The maximum Gasteiger partial charge on any atom is 0.333 e. The molecule has 110 valence electrons. The van der Waals surface area contributed by atoms with Gasteiger partial charge >= 0.3 is 5.97 Å². The first-order chi connectivity index (χ1) is 10.0. The van der Waals surface area contributed by atoms with Crippen LogP contribution in [0.2, 0.25) is 5.02 Å². The number of carbonyl (C=O) groups is 1. The molecule has 21 heavy (non-hydrogen) atoms. The third kappa shape index (κ3) is 3.70. The SMILES string of the molecule is COC(=O)C(Nc1cccc(F)c1)c1ccc(F)cc1Cl. The van der Waals surface area contributed by atoms with Gasteiger partial charge in [0.1, 0.15) is 11.6 Å². The minimum absolute atomic E-state index is 0.0781. The third-order valence-corrected chi connectivity index (χ3v) is 3.17. The van der Waals surface area contributed by atoms with Crippen LogP contribution >= 0.6 is 11.6 Å². The maximum absolute atomic E-state index is 13.2. The molecule has 1 atom stereocenters. The first kappa shape index (κ1) is 15.3. The van der Waals surface area contributed by atoms with Crippen LogP contribution in [0, 0.1) is 11.6 Å². The van der Waals surface area contributed by atoms with Gasteiger partial charge in [-0.2, -0.15) is 0 Å². The van der Waals surface area contributed by atoms with E-state index in [1.807, 2.05) is 0 Å². The topological polar surface area (TPSA) is 38.3 Å². The van der Waals surface area contributed by atoms with Gasteiger partial charge in [-0.25, -0.2) is 13.6 Å². The van der Waals surface area contributed by atoms with Crippen molar-refractivity contribution in [3.8, 4) is 0 Å². The van der Waals surface area contributed by atoms with Crippen molar-refractivity contribution in [3.63, 3.8) is 0 Å². The summed E-state index contributed by atoms with van der Waals surface area (Å²) in [7, 11) is 1.22. The number of methoxy groups -OCH3 is 1. The number of hydrogen-bond donors (Lipinski definition) is 1. The number of ether oxygens (including phenoxy) is 1. The second-order valence-corrected chi connectivity index (χ2v) is 4.68. The predicted molar refractivity (Wildman–Crippen MR) is 76.2 cm³/mol. The summed E-state index contributed by atoms with van der Waals surface area (Å²) >= 11 is 5.96. The second kappa shape index (κ2) is 6.54. The van der Waals surface area contributed by atoms with E-state index in [9.17, 15) is 13.6 Å². The van der Waals surface area contributed by atoms with Gasteiger partial charge in [0.05, 0.1) is 7.11 Å². The van der Waals surface area contributed by atoms with Crippen molar-refractivity contribution < 1.29 is 18.3 Å². The fraction of sp³-hybridized carbons (Fsp3) is 0.133. The summed E-state index contributed by atoms with van der Waals surface area (Å²) in [5, 5.41) is 2.90. The number of halogens is 3. The zero-order valence-electron chi connectivity index (χ0n) is 11.1. The van der Waals surface area contributed by atoms with E-state index in [0.717, 1.165) is 6.07 Å². The van der Waals surface area contributed by atoms with Crippen molar-refractivity contribution in [1.29, 1.82) is 0 Å². The van der Waals surface area contributed by atoms with Gasteiger partial charge in [0.25, 0.3) is 0 Å². The Morgan fingerprint density at radius 3 is 2.52 bits per heavy atom. The second-order valence-electron chi connectivity index (χ2n) is 4.28. The number of rotatable bonds is 4. The Hall–Kier alpha value is -2.14. The van der Waals surface area contributed by atoms with Crippen molar-refractivity contribution >= 4 is 23.3 Å². The Balaban J connectivity index is 2.37. The van der Waals surface area contributed by atoms with Crippen molar-refractivity contribution in [3.05, 3.63) is 64.7 Å². The molecule has 3 nitrogen and oxygen atoms in total. The fourth-order valence-corrected chi connectivity index (χ4v) is 2.14. The molecule has 0 saturated heterocycles. The Morgan fingerprint density at radius 1 is 1.19 bits per heavy atom. The molecule has 1 unspecified atom stereocenters. The number of carbonyl (C=O) groups excluding carboxylic acids is 1. The van der Waals surface area contributed by atoms with E-state index in [4.69, 9.17) is 16.3 Å². The van der Waals surface area contributed by atoms with Crippen LogP contribution in [0.5, 0.6) is 0 Å². The molecule has 0 aliphatic heterocycles. The zero-order valence-corrected chi connectivity index (χ0v) is 11.8. The van der Waals surface area contributed by atoms with Gasteiger partial charge in [0.2, 0.25) is 0 Å². The summed E-state index contributed by atoms with van der Waals surface area (Å²) in [6.07, 6.45) is 0. The Morgan fingerprint density at radius 2 is 1.90 bits per heavy atom. The molecule has 2 aromatic carbocycles.